The van der Waals surface area contributed by atoms with Gasteiger partial charge in [0.15, 0.2) is 11.9 Å². The highest BCUT2D eigenvalue weighted by Gasteiger charge is 2.41. The molecular formula is C22H24F2N6O3. The van der Waals surface area contributed by atoms with E-state index in [1.807, 2.05) is 0 Å². The number of carbonyl (C=O) groups is 2. The molecule has 9 nitrogen and oxygen atoms in total. The standard InChI is InChI=1S/C22H24F2N6O3/c1-25-22(32)20-26-10-14(19(24)28-20)30-8-6-29(7-9-30)11-13-4-5-15-17(16(13)23)27-21(31)18(33-15)12-2-3-12/h4-5,10,12,18H,2-3,6-9,11H2,1H3,(H,25,32)(H,27,31). The molecule has 0 radical (unpaired) electrons. The Hall–Kier alpha value is -3.34. The van der Waals surface area contributed by atoms with Gasteiger partial charge >= 0.3 is 0 Å². The second kappa shape index (κ2) is 8.54. The summed E-state index contributed by atoms with van der Waals surface area (Å²) in [6, 6.07) is 3.40. The number of nitrogens with one attached hydrogen (secondary N) is 2. The predicted octanol–water partition coefficient (Wildman–Crippen LogP) is 1.55. The maximum absolute atomic E-state index is 15.1. The van der Waals surface area contributed by atoms with Crippen molar-refractivity contribution >= 4 is 23.2 Å². The van der Waals surface area contributed by atoms with Gasteiger partial charge in [0.05, 0.1) is 6.20 Å². The van der Waals surface area contributed by atoms with Crippen LogP contribution in [0.25, 0.3) is 0 Å². The van der Waals surface area contributed by atoms with Crippen LogP contribution in [0, 0.1) is 17.7 Å². The molecule has 1 aliphatic carbocycles. The molecule has 1 atom stereocenters. The SMILES string of the molecule is CNC(=O)c1ncc(N2CCN(Cc3ccc4c(c3F)NC(=O)C(C3CC3)O4)CC2)c(F)n1. The number of ether oxygens (including phenoxy) is 1. The zero-order valence-electron chi connectivity index (χ0n) is 18.1. The van der Waals surface area contributed by atoms with E-state index in [0.717, 1.165) is 12.8 Å². The van der Waals surface area contributed by atoms with Gasteiger partial charge in [0, 0.05) is 51.3 Å². The molecule has 1 aromatic heterocycles. The van der Waals surface area contributed by atoms with Crippen molar-refractivity contribution in [3.05, 3.63) is 41.5 Å². The molecule has 3 aliphatic rings. The lowest BCUT2D eigenvalue weighted by atomic mass is 10.1. The molecule has 2 amide bonds. The van der Waals surface area contributed by atoms with E-state index in [0.29, 0.717) is 44.0 Å². The number of hydrogen-bond donors (Lipinski definition) is 2. The van der Waals surface area contributed by atoms with E-state index in [-0.39, 0.29) is 29.0 Å². The minimum Gasteiger partial charge on any atom is -0.478 e. The Bertz CT molecular complexity index is 1100. The van der Waals surface area contributed by atoms with Gasteiger partial charge in [0.25, 0.3) is 11.8 Å². The third-order valence-corrected chi connectivity index (χ3v) is 6.26. The average molecular weight is 458 g/mol. The maximum Gasteiger partial charge on any atom is 0.288 e. The van der Waals surface area contributed by atoms with Crippen molar-refractivity contribution in [3.8, 4) is 5.75 Å². The summed E-state index contributed by atoms with van der Waals surface area (Å²) in [6.45, 7) is 2.48. The molecular weight excluding hydrogens is 434 g/mol. The molecule has 5 rings (SSSR count). The van der Waals surface area contributed by atoms with Crippen LogP contribution >= 0.6 is 0 Å². The molecule has 1 saturated heterocycles. The van der Waals surface area contributed by atoms with Gasteiger partial charge in [-0.2, -0.15) is 9.37 Å². The zero-order valence-corrected chi connectivity index (χ0v) is 18.1. The summed E-state index contributed by atoms with van der Waals surface area (Å²) in [5.41, 5.74) is 0.788. The Balaban J connectivity index is 1.23. The van der Waals surface area contributed by atoms with Crippen molar-refractivity contribution < 1.29 is 23.1 Å². The summed E-state index contributed by atoms with van der Waals surface area (Å²) in [7, 11) is 1.42. The molecule has 174 valence electrons. The fourth-order valence-electron chi connectivity index (χ4n) is 4.21. The minimum atomic E-state index is -0.752. The number of aromatic nitrogens is 2. The molecule has 2 fully saturated rings. The second-order valence-electron chi connectivity index (χ2n) is 8.49. The first-order valence-corrected chi connectivity index (χ1v) is 11.0. The number of anilines is 2. The van der Waals surface area contributed by atoms with Crippen LogP contribution in [0.1, 0.15) is 29.0 Å². The fraction of sp³-hybridized carbons (Fsp3) is 0.455. The summed E-state index contributed by atoms with van der Waals surface area (Å²) >= 11 is 0. The normalized spacial score (nSPS) is 20.6. The molecule has 11 heteroatoms. The lowest BCUT2D eigenvalue weighted by Crippen LogP contribution is -2.46. The maximum atomic E-state index is 15.1. The van der Waals surface area contributed by atoms with Crippen LogP contribution in [0.3, 0.4) is 0 Å². The molecule has 1 saturated carbocycles. The van der Waals surface area contributed by atoms with Gasteiger partial charge < -0.3 is 20.3 Å². The van der Waals surface area contributed by atoms with Gasteiger partial charge in [-0.1, -0.05) is 6.07 Å². The summed E-state index contributed by atoms with van der Waals surface area (Å²) in [5.74, 6) is -1.72. The summed E-state index contributed by atoms with van der Waals surface area (Å²) in [4.78, 5) is 35.3. The van der Waals surface area contributed by atoms with Gasteiger partial charge in [-0.05, 0) is 18.9 Å². The van der Waals surface area contributed by atoms with E-state index in [9.17, 15) is 14.0 Å². The lowest BCUT2D eigenvalue weighted by Gasteiger charge is -2.36. The van der Waals surface area contributed by atoms with E-state index in [2.05, 4.69) is 25.5 Å². The summed E-state index contributed by atoms with van der Waals surface area (Å²) < 4.78 is 35.3. The van der Waals surface area contributed by atoms with Crippen molar-refractivity contribution in [2.45, 2.75) is 25.5 Å². The molecule has 1 aromatic carbocycles. The van der Waals surface area contributed by atoms with Crippen LogP contribution in [0.2, 0.25) is 0 Å². The number of piperazine rings is 1. The lowest BCUT2D eigenvalue weighted by molar-refractivity contribution is -0.124. The fourth-order valence-corrected chi connectivity index (χ4v) is 4.21. The molecule has 33 heavy (non-hydrogen) atoms. The smallest absolute Gasteiger partial charge is 0.288 e. The number of nitrogens with zero attached hydrogens (tertiary/aromatic N) is 4. The third kappa shape index (κ3) is 4.20. The number of amides is 2. The predicted molar refractivity (Wildman–Crippen MR) is 115 cm³/mol. The Morgan fingerprint density at radius 3 is 2.67 bits per heavy atom. The average Bonchev–Trinajstić information content (AvgIpc) is 3.66. The van der Waals surface area contributed by atoms with Crippen molar-refractivity contribution in [1.82, 2.24) is 20.2 Å². The molecule has 0 spiro atoms. The van der Waals surface area contributed by atoms with Crippen LogP contribution < -0.4 is 20.3 Å². The van der Waals surface area contributed by atoms with E-state index < -0.39 is 23.8 Å². The van der Waals surface area contributed by atoms with Crippen molar-refractivity contribution in [2.24, 2.45) is 5.92 Å². The Kier molecular flexibility index (Phi) is 5.57. The highest BCUT2D eigenvalue weighted by atomic mass is 19.1. The summed E-state index contributed by atoms with van der Waals surface area (Å²) in [5, 5.41) is 5.04. The van der Waals surface area contributed by atoms with Crippen molar-refractivity contribution in [3.63, 3.8) is 0 Å². The molecule has 1 unspecified atom stereocenters. The molecule has 2 aromatic rings. The van der Waals surface area contributed by atoms with Crippen molar-refractivity contribution in [2.75, 3.05) is 43.4 Å². The first-order chi connectivity index (χ1) is 15.9. The first kappa shape index (κ1) is 21.5. The van der Waals surface area contributed by atoms with E-state index >= 15 is 4.39 Å². The van der Waals surface area contributed by atoms with Gasteiger partial charge in [-0.15, -0.1) is 0 Å². The number of halogens is 2. The number of hydrogen-bond acceptors (Lipinski definition) is 7. The topological polar surface area (TPSA) is 99.7 Å². The molecule has 2 N–H and O–H groups in total. The minimum absolute atomic E-state index is 0.100. The third-order valence-electron chi connectivity index (χ3n) is 6.26. The van der Waals surface area contributed by atoms with E-state index in [1.165, 1.54) is 13.2 Å². The van der Waals surface area contributed by atoms with Crippen LogP contribution in [-0.2, 0) is 11.3 Å². The largest absolute Gasteiger partial charge is 0.478 e. The first-order valence-electron chi connectivity index (χ1n) is 11.0. The zero-order chi connectivity index (χ0) is 23.1. The quantitative estimate of drug-likeness (QED) is 0.656. The second-order valence-corrected chi connectivity index (χ2v) is 8.49. The van der Waals surface area contributed by atoms with Gasteiger partial charge in [-0.3, -0.25) is 14.5 Å². The van der Waals surface area contributed by atoms with Crippen LogP contribution in [-0.4, -0.2) is 66.0 Å². The monoisotopic (exact) mass is 458 g/mol. The number of rotatable bonds is 5. The molecule has 2 aliphatic heterocycles. The van der Waals surface area contributed by atoms with Gasteiger partial charge in [0.2, 0.25) is 11.8 Å². The van der Waals surface area contributed by atoms with Crippen LogP contribution in [0.15, 0.2) is 18.3 Å². The van der Waals surface area contributed by atoms with Crippen LogP contribution in [0.4, 0.5) is 20.2 Å². The summed E-state index contributed by atoms with van der Waals surface area (Å²) in [6.07, 6.45) is 2.68. The van der Waals surface area contributed by atoms with Crippen LogP contribution in [0.5, 0.6) is 5.75 Å². The highest BCUT2D eigenvalue weighted by Crippen LogP contribution is 2.41. The van der Waals surface area contributed by atoms with E-state index in [1.54, 1.807) is 17.0 Å². The number of benzene rings is 1. The van der Waals surface area contributed by atoms with Crippen molar-refractivity contribution in [1.29, 1.82) is 0 Å². The Morgan fingerprint density at radius 1 is 1.24 bits per heavy atom. The Morgan fingerprint density at radius 2 is 2.00 bits per heavy atom. The van der Waals surface area contributed by atoms with E-state index in [4.69, 9.17) is 4.74 Å². The van der Waals surface area contributed by atoms with Gasteiger partial charge in [-0.25, -0.2) is 9.37 Å². The number of carbonyl (C=O) groups excluding carboxylic acids is 2. The number of fused-ring (bicyclic) bond motifs is 1. The molecule has 0 bridgehead atoms. The highest BCUT2D eigenvalue weighted by molar-refractivity contribution is 5.98. The van der Waals surface area contributed by atoms with Gasteiger partial charge in [0.1, 0.15) is 17.1 Å². The molecule has 3 heterocycles. The Labute approximate surface area is 189 Å².